The molecule has 1 aromatic rings. The maximum atomic E-state index is 5.89. The van der Waals surface area contributed by atoms with Crippen molar-refractivity contribution < 1.29 is 0 Å². The van der Waals surface area contributed by atoms with Crippen molar-refractivity contribution in [2.75, 3.05) is 17.6 Å². The van der Waals surface area contributed by atoms with Gasteiger partial charge in [-0.25, -0.2) is 0 Å². The van der Waals surface area contributed by atoms with Crippen molar-refractivity contribution in [1.82, 2.24) is 5.32 Å². The second-order valence-electron chi connectivity index (χ2n) is 3.06. The van der Waals surface area contributed by atoms with Crippen molar-refractivity contribution in [2.45, 2.75) is 6.92 Å². The second kappa shape index (κ2) is 6.20. The Balaban J connectivity index is 2.63. The number of rotatable bonds is 3. The Hall–Kier alpha value is -0.450. The van der Waals surface area contributed by atoms with Crippen molar-refractivity contribution in [3.8, 4) is 0 Å². The normalized spacial score (nSPS) is 9.80. The molecule has 82 valence electrons. The molecule has 0 saturated heterocycles. The highest BCUT2D eigenvalue weighted by Crippen LogP contribution is 2.19. The SMILES string of the molecule is Cc1ccc(Cl)cc1NC(=S)NCCS. The van der Waals surface area contributed by atoms with E-state index in [-0.39, 0.29) is 0 Å². The third-order valence-electron chi connectivity index (χ3n) is 1.85. The number of thiol groups is 1. The molecule has 0 fully saturated rings. The van der Waals surface area contributed by atoms with E-state index >= 15 is 0 Å². The molecular weight excluding hydrogens is 248 g/mol. The maximum absolute atomic E-state index is 5.89. The minimum Gasteiger partial charge on any atom is -0.362 e. The van der Waals surface area contributed by atoms with Gasteiger partial charge in [-0.2, -0.15) is 12.6 Å². The molecule has 0 bridgehead atoms. The number of halogens is 1. The van der Waals surface area contributed by atoms with Gasteiger partial charge in [0.25, 0.3) is 0 Å². The Morgan fingerprint density at radius 1 is 1.53 bits per heavy atom. The van der Waals surface area contributed by atoms with Crippen LogP contribution in [0.5, 0.6) is 0 Å². The molecule has 0 heterocycles. The minimum absolute atomic E-state index is 0.592. The number of aryl methyl sites for hydroxylation is 1. The van der Waals surface area contributed by atoms with E-state index in [1.807, 2.05) is 25.1 Å². The first kappa shape index (κ1) is 12.6. The first-order valence-electron chi connectivity index (χ1n) is 4.55. The van der Waals surface area contributed by atoms with Crippen molar-refractivity contribution >= 4 is 47.2 Å². The second-order valence-corrected chi connectivity index (χ2v) is 4.36. The maximum Gasteiger partial charge on any atom is 0.170 e. The lowest BCUT2D eigenvalue weighted by Gasteiger charge is -2.11. The molecule has 2 N–H and O–H groups in total. The van der Waals surface area contributed by atoms with Gasteiger partial charge in [-0.1, -0.05) is 17.7 Å². The van der Waals surface area contributed by atoms with Crippen LogP contribution in [0.15, 0.2) is 18.2 Å². The zero-order valence-corrected chi connectivity index (χ0v) is 10.8. The van der Waals surface area contributed by atoms with Gasteiger partial charge in [-0.05, 0) is 36.8 Å². The summed E-state index contributed by atoms with van der Waals surface area (Å²) >= 11 is 15.1. The number of anilines is 1. The van der Waals surface area contributed by atoms with E-state index in [9.17, 15) is 0 Å². The van der Waals surface area contributed by atoms with Gasteiger partial charge < -0.3 is 10.6 Å². The summed E-state index contributed by atoms with van der Waals surface area (Å²) in [6.07, 6.45) is 0. The van der Waals surface area contributed by atoms with Crippen LogP contribution in [0.4, 0.5) is 5.69 Å². The number of thiocarbonyl (C=S) groups is 1. The number of nitrogens with one attached hydrogen (secondary N) is 2. The van der Waals surface area contributed by atoms with E-state index in [2.05, 4.69) is 23.3 Å². The van der Waals surface area contributed by atoms with Gasteiger partial charge in [0.05, 0.1) is 0 Å². The van der Waals surface area contributed by atoms with Crippen LogP contribution in [0.25, 0.3) is 0 Å². The summed E-state index contributed by atoms with van der Waals surface area (Å²) in [5.74, 6) is 0.746. The summed E-state index contributed by atoms with van der Waals surface area (Å²) < 4.78 is 0. The van der Waals surface area contributed by atoms with Gasteiger partial charge >= 0.3 is 0 Å². The summed E-state index contributed by atoms with van der Waals surface area (Å²) in [7, 11) is 0. The molecule has 0 unspecified atom stereocenters. The van der Waals surface area contributed by atoms with E-state index < -0.39 is 0 Å². The Kier molecular flexibility index (Phi) is 5.22. The fourth-order valence-corrected chi connectivity index (χ4v) is 1.56. The summed E-state index contributed by atoms with van der Waals surface area (Å²) in [6, 6.07) is 5.66. The van der Waals surface area contributed by atoms with Crippen LogP contribution < -0.4 is 10.6 Å². The van der Waals surface area contributed by atoms with Crippen LogP contribution in [-0.4, -0.2) is 17.4 Å². The molecule has 0 amide bonds. The molecular formula is C10H13ClN2S2. The van der Waals surface area contributed by atoms with Crippen LogP contribution >= 0.6 is 36.4 Å². The molecule has 0 aliphatic carbocycles. The van der Waals surface area contributed by atoms with E-state index in [0.717, 1.165) is 23.5 Å². The molecule has 0 atom stereocenters. The molecule has 1 aromatic carbocycles. The topological polar surface area (TPSA) is 24.1 Å². The van der Waals surface area contributed by atoms with Crippen molar-refractivity contribution in [3.05, 3.63) is 28.8 Å². The average Bonchev–Trinajstić information content (AvgIpc) is 2.20. The molecule has 1 rings (SSSR count). The van der Waals surface area contributed by atoms with Gasteiger partial charge in [0, 0.05) is 23.0 Å². The number of hydrogen-bond acceptors (Lipinski definition) is 2. The lowest BCUT2D eigenvalue weighted by molar-refractivity contribution is 0.993. The van der Waals surface area contributed by atoms with Crippen LogP contribution in [0.3, 0.4) is 0 Å². The summed E-state index contributed by atoms with van der Waals surface area (Å²) in [4.78, 5) is 0. The predicted molar refractivity (Wildman–Crippen MR) is 74.3 cm³/mol. The third kappa shape index (κ3) is 4.28. The molecule has 0 aliphatic rings. The first-order chi connectivity index (χ1) is 7.13. The largest absolute Gasteiger partial charge is 0.362 e. The lowest BCUT2D eigenvalue weighted by Crippen LogP contribution is -2.30. The number of hydrogen-bond donors (Lipinski definition) is 3. The fourth-order valence-electron chi connectivity index (χ4n) is 1.06. The average molecular weight is 261 g/mol. The van der Waals surface area contributed by atoms with Crippen LogP contribution in [-0.2, 0) is 0 Å². The van der Waals surface area contributed by atoms with Crippen LogP contribution in [0, 0.1) is 6.92 Å². The van der Waals surface area contributed by atoms with Crippen molar-refractivity contribution in [3.63, 3.8) is 0 Å². The van der Waals surface area contributed by atoms with Crippen LogP contribution in [0.2, 0.25) is 5.02 Å². The summed E-state index contributed by atoms with van der Waals surface area (Å²) in [6.45, 7) is 2.74. The molecule has 5 heteroatoms. The predicted octanol–water partition coefficient (Wildman–Crippen LogP) is 2.86. The lowest BCUT2D eigenvalue weighted by atomic mass is 10.2. The molecule has 2 nitrogen and oxygen atoms in total. The quantitative estimate of drug-likeness (QED) is 0.576. The van der Waals surface area contributed by atoms with Gasteiger partial charge in [0.1, 0.15) is 0 Å². The Morgan fingerprint density at radius 2 is 2.27 bits per heavy atom. The zero-order valence-electron chi connectivity index (χ0n) is 8.38. The van der Waals surface area contributed by atoms with Crippen LogP contribution in [0.1, 0.15) is 5.56 Å². The molecule has 0 aromatic heterocycles. The molecule has 0 aliphatic heterocycles. The number of benzene rings is 1. The van der Waals surface area contributed by atoms with E-state index in [4.69, 9.17) is 23.8 Å². The van der Waals surface area contributed by atoms with Gasteiger partial charge in [-0.3, -0.25) is 0 Å². The van der Waals surface area contributed by atoms with Gasteiger partial charge in [-0.15, -0.1) is 0 Å². The summed E-state index contributed by atoms with van der Waals surface area (Å²) in [5.41, 5.74) is 2.04. The van der Waals surface area contributed by atoms with Gasteiger partial charge in [0.2, 0.25) is 0 Å². The highest BCUT2D eigenvalue weighted by atomic mass is 35.5. The smallest absolute Gasteiger partial charge is 0.170 e. The molecule has 0 saturated carbocycles. The highest BCUT2D eigenvalue weighted by Gasteiger charge is 2.01. The summed E-state index contributed by atoms with van der Waals surface area (Å²) in [5, 5.41) is 7.40. The molecule has 0 spiro atoms. The van der Waals surface area contributed by atoms with E-state index in [1.54, 1.807) is 0 Å². The van der Waals surface area contributed by atoms with E-state index in [0.29, 0.717) is 10.1 Å². The minimum atomic E-state index is 0.592. The fraction of sp³-hybridized carbons (Fsp3) is 0.300. The highest BCUT2D eigenvalue weighted by molar-refractivity contribution is 7.80. The Labute approximate surface area is 106 Å². The molecule has 0 radical (unpaired) electrons. The third-order valence-corrected chi connectivity index (χ3v) is 2.55. The van der Waals surface area contributed by atoms with Gasteiger partial charge in [0.15, 0.2) is 5.11 Å². The van der Waals surface area contributed by atoms with E-state index in [1.165, 1.54) is 0 Å². The monoisotopic (exact) mass is 260 g/mol. The molecule has 15 heavy (non-hydrogen) atoms. The zero-order chi connectivity index (χ0) is 11.3. The first-order valence-corrected chi connectivity index (χ1v) is 5.97. The van der Waals surface area contributed by atoms with Crippen molar-refractivity contribution in [2.24, 2.45) is 0 Å². The standard InChI is InChI=1S/C10H13ClN2S2/c1-7-2-3-8(11)6-9(7)13-10(15)12-4-5-14/h2-3,6,14H,4-5H2,1H3,(H2,12,13,15). The van der Waals surface area contributed by atoms with Crippen molar-refractivity contribution in [1.29, 1.82) is 0 Å². The Bertz CT molecular complexity index is 355. The Morgan fingerprint density at radius 3 is 2.93 bits per heavy atom.